The van der Waals surface area contributed by atoms with Gasteiger partial charge < -0.3 is 9.84 Å². The molecule has 1 amide bonds. The number of halogens is 3. The van der Waals surface area contributed by atoms with Crippen molar-refractivity contribution >= 4 is 40.1 Å². The van der Waals surface area contributed by atoms with Crippen LogP contribution in [0.5, 0.6) is 0 Å². The minimum absolute atomic E-state index is 0.0506. The quantitative estimate of drug-likeness (QED) is 0.681. The van der Waals surface area contributed by atoms with Crippen LogP contribution >= 0.6 is 23.2 Å². The van der Waals surface area contributed by atoms with Crippen LogP contribution in [0.3, 0.4) is 0 Å². The zero-order valence-corrected chi connectivity index (χ0v) is 14.2. The summed E-state index contributed by atoms with van der Waals surface area (Å²) in [7, 11) is 0. The lowest BCUT2D eigenvalue weighted by atomic mass is 10.1. The molecule has 0 saturated heterocycles. The van der Waals surface area contributed by atoms with Crippen molar-refractivity contribution in [1.82, 2.24) is 10.5 Å². The maximum atomic E-state index is 13.6. The largest absolute Gasteiger partial charge is 0.356 e. The summed E-state index contributed by atoms with van der Waals surface area (Å²) in [5, 5.41) is 7.71. The van der Waals surface area contributed by atoms with Crippen molar-refractivity contribution < 1.29 is 13.7 Å². The molecule has 7 heteroatoms. The minimum Gasteiger partial charge on any atom is -0.356 e. The summed E-state index contributed by atoms with van der Waals surface area (Å²) in [6.45, 7) is 1.72. The number of para-hydroxylation sites is 1. The molecule has 1 atom stereocenters. The molecule has 0 saturated carbocycles. The smallest absolute Gasteiger partial charge is 0.226 e. The van der Waals surface area contributed by atoms with Crippen LogP contribution in [0.2, 0.25) is 10.0 Å². The summed E-state index contributed by atoms with van der Waals surface area (Å²) in [6, 6.07) is 9.36. The molecule has 0 spiro atoms. The molecule has 0 bridgehead atoms. The molecule has 4 nitrogen and oxygen atoms in total. The van der Waals surface area contributed by atoms with Crippen molar-refractivity contribution in [3.05, 3.63) is 63.5 Å². The van der Waals surface area contributed by atoms with Gasteiger partial charge in [-0.05, 0) is 36.8 Å². The lowest BCUT2D eigenvalue weighted by Crippen LogP contribution is -2.28. The molecule has 0 aliphatic carbocycles. The number of hydrogen-bond acceptors (Lipinski definition) is 3. The molecular weight excluding hydrogens is 354 g/mol. The average Bonchev–Trinajstić information content (AvgIpc) is 2.94. The summed E-state index contributed by atoms with van der Waals surface area (Å²) in [5.74, 6) is -0.854. The van der Waals surface area contributed by atoms with Gasteiger partial charge in [-0.1, -0.05) is 40.5 Å². The number of rotatable bonds is 4. The number of nitrogens with one attached hydrogen (secondary N) is 1. The molecule has 0 radical (unpaired) electrons. The van der Waals surface area contributed by atoms with Gasteiger partial charge in [-0.25, -0.2) is 4.39 Å². The Labute approximate surface area is 147 Å². The number of carbonyl (C=O) groups excluding carboxylic acids is 1. The highest BCUT2D eigenvalue weighted by Crippen LogP contribution is 2.28. The zero-order valence-electron chi connectivity index (χ0n) is 12.6. The Hall–Kier alpha value is -2.11. The van der Waals surface area contributed by atoms with Crippen molar-refractivity contribution in [2.24, 2.45) is 0 Å². The Morgan fingerprint density at radius 3 is 2.83 bits per heavy atom. The summed E-state index contributed by atoms with van der Waals surface area (Å²) in [6.07, 6.45) is 0.0506. The van der Waals surface area contributed by atoms with E-state index in [-0.39, 0.29) is 17.4 Å². The van der Waals surface area contributed by atoms with E-state index in [1.54, 1.807) is 13.0 Å². The molecule has 3 aromatic rings. The maximum Gasteiger partial charge on any atom is 0.226 e. The summed E-state index contributed by atoms with van der Waals surface area (Å²) >= 11 is 11.8. The first-order valence-electron chi connectivity index (χ1n) is 7.23. The molecule has 124 valence electrons. The first-order valence-corrected chi connectivity index (χ1v) is 7.98. The molecule has 0 unspecified atom stereocenters. The highest BCUT2D eigenvalue weighted by Gasteiger charge is 2.17. The van der Waals surface area contributed by atoms with E-state index in [1.165, 1.54) is 12.1 Å². The second-order valence-corrected chi connectivity index (χ2v) is 6.19. The van der Waals surface area contributed by atoms with Crippen molar-refractivity contribution in [3.8, 4) is 0 Å². The lowest BCUT2D eigenvalue weighted by molar-refractivity contribution is -0.121. The Balaban J connectivity index is 1.74. The fourth-order valence-corrected chi connectivity index (χ4v) is 3.00. The molecule has 1 heterocycles. The molecular formula is C17H13Cl2FN2O2. The standard InChI is InChI=1S/C17H13Cl2FN2O2/c1-9(11-6-14(20)13(19)7-12(11)18)21-17(23)8-15-10-4-2-3-5-16(10)24-22-15/h2-7,9H,8H2,1H3,(H,21,23)/t9-/m0/s1. The van der Waals surface area contributed by atoms with Crippen LogP contribution < -0.4 is 5.32 Å². The number of amides is 1. The topological polar surface area (TPSA) is 55.1 Å². The van der Waals surface area contributed by atoms with Crippen molar-refractivity contribution in [3.63, 3.8) is 0 Å². The Bertz CT molecular complexity index is 911. The first kappa shape index (κ1) is 16.7. The Morgan fingerprint density at radius 1 is 1.29 bits per heavy atom. The van der Waals surface area contributed by atoms with Gasteiger partial charge >= 0.3 is 0 Å². The van der Waals surface area contributed by atoms with Gasteiger partial charge in [-0.3, -0.25) is 4.79 Å². The van der Waals surface area contributed by atoms with Crippen LogP contribution in [0, 0.1) is 5.82 Å². The second-order valence-electron chi connectivity index (χ2n) is 5.38. The van der Waals surface area contributed by atoms with Gasteiger partial charge in [-0.2, -0.15) is 0 Å². The summed E-state index contributed by atoms with van der Waals surface area (Å²) in [4.78, 5) is 12.2. The third-order valence-corrected chi connectivity index (χ3v) is 4.28. The first-order chi connectivity index (χ1) is 11.5. The van der Waals surface area contributed by atoms with Gasteiger partial charge in [0.15, 0.2) is 5.58 Å². The van der Waals surface area contributed by atoms with Crippen LogP contribution in [-0.2, 0) is 11.2 Å². The van der Waals surface area contributed by atoms with Gasteiger partial charge in [-0.15, -0.1) is 0 Å². The Morgan fingerprint density at radius 2 is 2.04 bits per heavy atom. The van der Waals surface area contributed by atoms with Crippen molar-refractivity contribution in [2.75, 3.05) is 0 Å². The van der Waals surface area contributed by atoms with E-state index in [1.807, 2.05) is 18.2 Å². The normalized spacial score (nSPS) is 12.3. The fourth-order valence-electron chi connectivity index (χ4n) is 2.46. The third kappa shape index (κ3) is 3.37. The number of hydrogen-bond donors (Lipinski definition) is 1. The van der Waals surface area contributed by atoms with Crippen LogP contribution in [0.25, 0.3) is 11.0 Å². The summed E-state index contributed by atoms with van der Waals surface area (Å²) < 4.78 is 18.8. The van der Waals surface area contributed by atoms with E-state index in [4.69, 9.17) is 27.7 Å². The number of fused-ring (bicyclic) bond motifs is 1. The number of nitrogens with zero attached hydrogens (tertiary/aromatic N) is 1. The zero-order chi connectivity index (χ0) is 17.3. The molecule has 1 N–H and O–H groups in total. The Kier molecular flexibility index (Phi) is 4.73. The molecule has 24 heavy (non-hydrogen) atoms. The molecule has 1 aromatic heterocycles. The van der Waals surface area contributed by atoms with Crippen molar-refractivity contribution in [1.29, 1.82) is 0 Å². The predicted octanol–water partition coefficient (Wildman–Crippen LogP) is 4.69. The molecule has 0 aliphatic heterocycles. The van der Waals surface area contributed by atoms with E-state index >= 15 is 0 Å². The number of carbonyl (C=O) groups is 1. The van der Waals surface area contributed by atoms with E-state index < -0.39 is 11.9 Å². The lowest BCUT2D eigenvalue weighted by Gasteiger charge is -2.16. The SMILES string of the molecule is C[C@H](NC(=O)Cc1noc2ccccc12)c1cc(F)c(Cl)cc1Cl. The van der Waals surface area contributed by atoms with Crippen LogP contribution in [0.4, 0.5) is 4.39 Å². The van der Waals surface area contributed by atoms with E-state index in [2.05, 4.69) is 10.5 Å². The summed E-state index contributed by atoms with van der Waals surface area (Å²) in [5.41, 5.74) is 1.62. The molecule has 0 fully saturated rings. The third-order valence-electron chi connectivity index (χ3n) is 3.66. The average molecular weight is 367 g/mol. The minimum atomic E-state index is -0.584. The molecule has 3 rings (SSSR count). The fraction of sp³-hybridized carbons (Fsp3) is 0.176. The van der Waals surface area contributed by atoms with Crippen LogP contribution in [-0.4, -0.2) is 11.1 Å². The second kappa shape index (κ2) is 6.79. The van der Waals surface area contributed by atoms with Gasteiger partial charge in [0.05, 0.1) is 17.5 Å². The van der Waals surface area contributed by atoms with E-state index in [0.29, 0.717) is 21.9 Å². The van der Waals surface area contributed by atoms with Gasteiger partial charge in [0, 0.05) is 10.4 Å². The van der Waals surface area contributed by atoms with E-state index in [9.17, 15) is 9.18 Å². The molecule has 0 aliphatic rings. The van der Waals surface area contributed by atoms with E-state index in [0.717, 1.165) is 5.39 Å². The highest BCUT2D eigenvalue weighted by molar-refractivity contribution is 6.35. The van der Waals surface area contributed by atoms with Crippen LogP contribution in [0.15, 0.2) is 40.9 Å². The number of aromatic nitrogens is 1. The molecule has 2 aromatic carbocycles. The number of benzene rings is 2. The van der Waals surface area contributed by atoms with Crippen LogP contribution in [0.1, 0.15) is 24.2 Å². The van der Waals surface area contributed by atoms with Gasteiger partial charge in [0.2, 0.25) is 5.91 Å². The van der Waals surface area contributed by atoms with Crippen molar-refractivity contribution in [2.45, 2.75) is 19.4 Å². The van der Waals surface area contributed by atoms with Gasteiger partial charge in [0.1, 0.15) is 11.5 Å². The highest BCUT2D eigenvalue weighted by atomic mass is 35.5. The maximum absolute atomic E-state index is 13.6. The predicted molar refractivity (Wildman–Crippen MR) is 90.7 cm³/mol. The monoisotopic (exact) mass is 366 g/mol. The van der Waals surface area contributed by atoms with Gasteiger partial charge in [0.25, 0.3) is 0 Å².